The van der Waals surface area contributed by atoms with Gasteiger partial charge in [-0.25, -0.2) is 0 Å². The molecule has 0 N–H and O–H groups in total. The van der Waals surface area contributed by atoms with Crippen LogP contribution < -0.4 is 0 Å². The van der Waals surface area contributed by atoms with Gasteiger partial charge in [-0.05, 0) is 42.6 Å². The molecular formula is C17H23NOS. The second kappa shape index (κ2) is 5.44. The van der Waals surface area contributed by atoms with Crippen LogP contribution in [0.1, 0.15) is 37.8 Å². The fourth-order valence-corrected chi connectivity index (χ4v) is 4.98. The minimum absolute atomic E-state index is 0.141. The lowest BCUT2D eigenvalue weighted by Gasteiger charge is -2.39. The first-order chi connectivity index (χ1) is 9.59. The fourth-order valence-electron chi connectivity index (χ4n) is 4.30. The molecule has 2 aliphatic rings. The Morgan fingerprint density at radius 1 is 1.25 bits per heavy atom. The van der Waals surface area contributed by atoms with Gasteiger partial charge in [0.15, 0.2) is 0 Å². The van der Waals surface area contributed by atoms with Gasteiger partial charge in [0.25, 0.3) is 0 Å². The second-order valence-electron chi connectivity index (χ2n) is 6.39. The summed E-state index contributed by atoms with van der Waals surface area (Å²) in [4.78, 5) is 13.8. The summed E-state index contributed by atoms with van der Waals surface area (Å²) in [6.07, 6.45) is 3.93. The molecule has 0 heterocycles. The van der Waals surface area contributed by atoms with Crippen molar-refractivity contribution < 1.29 is 4.79 Å². The van der Waals surface area contributed by atoms with Crippen LogP contribution >= 0.6 is 12.6 Å². The number of carbonyl (C=O) groups is 1. The predicted molar refractivity (Wildman–Crippen MR) is 84.7 cm³/mol. The van der Waals surface area contributed by atoms with Crippen LogP contribution in [0.3, 0.4) is 0 Å². The standard InChI is InChI=1S/C17H23NOS/c1-11(19)18(2)16(12-6-4-3-5-7-12)15-13-8-9-14(10-13)17(15)20/h3-7,13-17,20H,8-10H2,1-2H3/t13-,14+,15-,16+,17-/m0/s1. The lowest BCUT2D eigenvalue weighted by Crippen LogP contribution is -2.40. The van der Waals surface area contributed by atoms with Gasteiger partial charge in [0.1, 0.15) is 0 Å². The van der Waals surface area contributed by atoms with Crippen molar-refractivity contribution in [1.82, 2.24) is 4.90 Å². The quantitative estimate of drug-likeness (QED) is 0.844. The maximum absolute atomic E-state index is 11.9. The molecule has 20 heavy (non-hydrogen) atoms. The number of rotatable bonds is 3. The molecule has 2 fully saturated rings. The lowest BCUT2D eigenvalue weighted by molar-refractivity contribution is -0.131. The Hall–Kier alpha value is -0.960. The maximum Gasteiger partial charge on any atom is 0.219 e. The normalized spacial score (nSPS) is 33.1. The third-order valence-corrected chi connectivity index (χ3v) is 6.12. The highest BCUT2D eigenvalue weighted by Crippen LogP contribution is 2.55. The zero-order valence-electron chi connectivity index (χ0n) is 12.2. The molecule has 3 heteroatoms. The van der Waals surface area contributed by atoms with E-state index in [0.717, 1.165) is 11.8 Å². The summed E-state index contributed by atoms with van der Waals surface area (Å²) in [6, 6.07) is 10.6. The second-order valence-corrected chi connectivity index (χ2v) is 6.98. The Bertz CT molecular complexity index is 487. The smallest absolute Gasteiger partial charge is 0.219 e. The van der Waals surface area contributed by atoms with Crippen LogP contribution in [0, 0.1) is 17.8 Å². The number of fused-ring (bicyclic) bond motifs is 2. The van der Waals surface area contributed by atoms with Crippen molar-refractivity contribution in [3.8, 4) is 0 Å². The topological polar surface area (TPSA) is 20.3 Å². The van der Waals surface area contributed by atoms with Crippen LogP contribution in [0.25, 0.3) is 0 Å². The van der Waals surface area contributed by atoms with E-state index in [1.54, 1.807) is 6.92 Å². The first kappa shape index (κ1) is 14.0. The molecule has 5 atom stereocenters. The Kier molecular flexibility index (Phi) is 3.80. The van der Waals surface area contributed by atoms with Gasteiger partial charge in [0.05, 0.1) is 6.04 Å². The number of nitrogens with zero attached hydrogens (tertiary/aromatic N) is 1. The molecule has 2 saturated carbocycles. The van der Waals surface area contributed by atoms with Crippen molar-refractivity contribution in [3.63, 3.8) is 0 Å². The molecule has 0 radical (unpaired) electrons. The third-order valence-electron chi connectivity index (χ3n) is 5.36. The molecule has 0 unspecified atom stereocenters. The highest BCUT2D eigenvalue weighted by molar-refractivity contribution is 7.81. The van der Waals surface area contributed by atoms with Crippen molar-refractivity contribution in [2.45, 2.75) is 37.5 Å². The Balaban J connectivity index is 1.96. The average Bonchev–Trinajstić information content (AvgIpc) is 3.03. The molecule has 0 aromatic heterocycles. The summed E-state index contributed by atoms with van der Waals surface area (Å²) in [5.74, 6) is 2.12. The summed E-state index contributed by atoms with van der Waals surface area (Å²) in [7, 11) is 1.94. The first-order valence-electron chi connectivity index (χ1n) is 7.56. The van der Waals surface area contributed by atoms with Crippen LogP contribution in [0.2, 0.25) is 0 Å². The molecule has 1 amide bonds. The van der Waals surface area contributed by atoms with E-state index in [1.165, 1.54) is 24.8 Å². The summed E-state index contributed by atoms with van der Waals surface area (Å²) in [5.41, 5.74) is 1.25. The van der Waals surface area contributed by atoms with Crippen LogP contribution in [-0.2, 0) is 4.79 Å². The Labute approximate surface area is 127 Å². The van der Waals surface area contributed by atoms with Crippen LogP contribution in [0.15, 0.2) is 30.3 Å². The average molecular weight is 289 g/mol. The van der Waals surface area contributed by atoms with Gasteiger partial charge in [-0.2, -0.15) is 12.6 Å². The van der Waals surface area contributed by atoms with Gasteiger partial charge in [0.2, 0.25) is 5.91 Å². The van der Waals surface area contributed by atoms with E-state index >= 15 is 0 Å². The lowest BCUT2D eigenvalue weighted by atomic mass is 9.79. The van der Waals surface area contributed by atoms with Crippen LogP contribution in [0.4, 0.5) is 0 Å². The van der Waals surface area contributed by atoms with Gasteiger partial charge in [-0.3, -0.25) is 4.79 Å². The molecule has 1 aromatic rings. The minimum atomic E-state index is 0.141. The number of thiol groups is 1. The van der Waals surface area contributed by atoms with Crippen molar-refractivity contribution in [2.24, 2.45) is 17.8 Å². The SMILES string of the molecule is CC(=O)N(C)[C@H](c1ccccc1)[C@@H]1[C@H]2CC[C@H](C2)[C@@H]1S. The number of hydrogen-bond donors (Lipinski definition) is 1. The molecule has 1 aromatic carbocycles. The largest absolute Gasteiger partial charge is 0.339 e. The van der Waals surface area contributed by atoms with Crippen molar-refractivity contribution >= 4 is 18.5 Å². The molecule has 2 nitrogen and oxygen atoms in total. The van der Waals surface area contributed by atoms with E-state index in [-0.39, 0.29) is 11.9 Å². The third kappa shape index (κ3) is 2.26. The highest BCUT2D eigenvalue weighted by atomic mass is 32.1. The number of carbonyl (C=O) groups excluding carboxylic acids is 1. The van der Waals surface area contributed by atoms with E-state index in [2.05, 4.69) is 24.3 Å². The molecule has 0 saturated heterocycles. The number of amides is 1. The predicted octanol–water partition coefficient (Wildman–Crippen LogP) is 3.55. The Morgan fingerprint density at radius 2 is 1.90 bits per heavy atom. The first-order valence-corrected chi connectivity index (χ1v) is 8.07. The van der Waals surface area contributed by atoms with Crippen LogP contribution in [-0.4, -0.2) is 23.1 Å². The van der Waals surface area contributed by atoms with Crippen molar-refractivity contribution in [2.75, 3.05) is 7.05 Å². The highest BCUT2D eigenvalue weighted by Gasteiger charge is 2.50. The van der Waals surface area contributed by atoms with Gasteiger partial charge < -0.3 is 4.90 Å². The molecule has 2 aliphatic carbocycles. The number of benzene rings is 1. The zero-order valence-corrected chi connectivity index (χ0v) is 13.1. The van der Waals surface area contributed by atoms with E-state index in [4.69, 9.17) is 12.6 Å². The minimum Gasteiger partial charge on any atom is -0.339 e. The number of hydrogen-bond acceptors (Lipinski definition) is 2. The molecule has 0 aliphatic heterocycles. The van der Waals surface area contributed by atoms with Gasteiger partial charge in [-0.15, -0.1) is 0 Å². The van der Waals surface area contributed by atoms with Gasteiger partial charge >= 0.3 is 0 Å². The molecule has 0 spiro atoms. The zero-order chi connectivity index (χ0) is 14.3. The van der Waals surface area contributed by atoms with E-state index in [1.807, 2.05) is 18.0 Å². The summed E-state index contributed by atoms with van der Waals surface area (Å²) in [6.45, 7) is 1.66. The fraction of sp³-hybridized carbons (Fsp3) is 0.588. The van der Waals surface area contributed by atoms with E-state index < -0.39 is 0 Å². The summed E-state index contributed by atoms with van der Waals surface area (Å²) in [5, 5.41) is 0.431. The summed E-state index contributed by atoms with van der Waals surface area (Å²) < 4.78 is 0. The van der Waals surface area contributed by atoms with Gasteiger partial charge in [-0.1, -0.05) is 30.3 Å². The molecule has 3 rings (SSSR count). The Morgan fingerprint density at radius 3 is 2.45 bits per heavy atom. The van der Waals surface area contributed by atoms with Crippen molar-refractivity contribution in [1.29, 1.82) is 0 Å². The van der Waals surface area contributed by atoms with Crippen molar-refractivity contribution in [3.05, 3.63) is 35.9 Å². The molecular weight excluding hydrogens is 266 g/mol. The van der Waals surface area contributed by atoms with E-state index in [9.17, 15) is 4.79 Å². The molecule has 2 bridgehead atoms. The van der Waals surface area contributed by atoms with Crippen LogP contribution in [0.5, 0.6) is 0 Å². The van der Waals surface area contributed by atoms with Gasteiger partial charge in [0, 0.05) is 19.2 Å². The van der Waals surface area contributed by atoms with E-state index in [0.29, 0.717) is 11.2 Å². The molecule has 108 valence electrons. The maximum atomic E-state index is 11.9. The summed E-state index contributed by atoms with van der Waals surface area (Å²) >= 11 is 4.91. The monoisotopic (exact) mass is 289 g/mol.